The highest BCUT2D eigenvalue weighted by atomic mass is 15.3. The van der Waals surface area contributed by atoms with Gasteiger partial charge in [0.15, 0.2) is 0 Å². The fourth-order valence-corrected chi connectivity index (χ4v) is 3.04. The molecule has 1 rings (SSSR count). The predicted octanol–water partition coefficient (Wildman–Crippen LogP) is 4.55. The summed E-state index contributed by atoms with van der Waals surface area (Å²) in [7, 11) is 0. The largest absolute Gasteiger partial charge is 0.308 e. The minimum Gasteiger partial charge on any atom is -0.308 e. The second-order valence-corrected chi connectivity index (χ2v) is 5.75. The summed E-state index contributed by atoms with van der Waals surface area (Å²) in [5, 5.41) is 8.29. The van der Waals surface area contributed by atoms with E-state index in [1.165, 1.54) is 37.8 Å². The molecule has 0 saturated carbocycles. The standard InChI is InChI=1S/C17H33N3/c1-5-9-15(10-6-2)17(18-12-7-3)16-11-13-19-20(16)14-8-4/h11,13,15,17-18H,5-10,12,14H2,1-4H3. The van der Waals surface area contributed by atoms with Crippen molar-refractivity contribution >= 4 is 0 Å². The summed E-state index contributed by atoms with van der Waals surface area (Å²) in [6.07, 6.45) is 9.40. The Morgan fingerprint density at radius 3 is 2.30 bits per heavy atom. The second-order valence-electron chi connectivity index (χ2n) is 5.75. The molecule has 0 aliphatic rings. The molecule has 0 spiro atoms. The number of aromatic nitrogens is 2. The van der Waals surface area contributed by atoms with Gasteiger partial charge in [0.25, 0.3) is 0 Å². The van der Waals surface area contributed by atoms with Gasteiger partial charge in [0, 0.05) is 12.7 Å². The number of rotatable bonds is 11. The van der Waals surface area contributed by atoms with Crippen LogP contribution in [-0.2, 0) is 6.54 Å². The van der Waals surface area contributed by atoms with Crippen LogP contribution in [-0.4, -0.2) is 16.3 Å². The van der Waals surface area contributed by atoms with Crippen LogP contribution in [0.3, 0.4) is 0 Å². The van der Waals surface area contributed by atoms with Gasteiger partial charge in [-0.25, -0.2) is 0 Å². The summed E-state index contributed by atoms with van der Waals surface area (Å²) >= 11 is 0. The summed E-state index contributed by atoms with van der Waals surface area (Å²) < 4.78 is 2.20. The molecule has 0 radical (unpaired) electrons. The molecule has 1 atom stereocenters. The van der Waals surface area contributed by atoms with E-state index in [9.17, 15) is 0 Å². The topological polar surface area (TPSA) is 29.9 Å². The van der Waals surface area contributed by atoms with Gasteiger partial charge < -0.3 is 5.32 Å². The lowest BCUT2D eigenvalue weighted by Crippen LogP contribution is -2.31. The molecule has 0 fully saturated rings. The fourth-order valence-electron chi connectivity index (χ4n) is 3.04. The molecule has 3 nitrogen and oxygen atoms in total. The van der Waals surface area contributed by atoms with Crippen molar-refractivity contribution < 1.29 is 0 Å². The average Bonchev–Trinajstić information content (AvgIpc) is 2.88. The summed E-state index contributed by atoms with van der Waals surface area (Å²) in [4.78, 5) is 0. The van der Waals surface area contributed by atoms with Crippen molar-refractivity contribution in [3.8, 4) is 0 Å². The van der Waals surface area contributed by atoms with E-state index >= 15 is 0 Å². The molecule has 1 N–H and O–H groups in total. The lowest BCUT2D eigenvalue weighted by atomic mass is 9.88. The summed E-state index contributed by atoms with van der Waals surface area (Å²) in [5.74, 6) is 0.726. The van der Waals surface area contributed by atoms with Crippen LogP contribution in [0.1, 0.15) is 78.0 Å². The molecule has 116 valence electrons. The minimum atomic E-state index is 0.462. The van der Waals surface area contributed by atoms with Crippen LogP contribution in [0.25, 0.3) is 0 Å². The van der Waals surface area contributed by atoms with Gasteiger partial charge in [-0.05, 0) is 44.2 Å². The fraction of sp³-hybridized carbons (Fsp3) is 0.824. The van der Waals surface area contributed by atoms with Crippen LogP contribution in [0.5, 0.6) is 0 Å². The maximum absolute atomic E-state index is 4.51. The normalized spacial score (nSPS) is 13.1. The number of hydrogen-bond donors (Lipinski definition) is 1. The van der Waals surface area contributed by atoms with Crippen LogP contribution in [0.4, 0.5) is 0 Å². The first-order valence-corrected chi connectivity index (χ1v) is 8.53. The van der Waals surface area contributed by atoms with Gasteiger partial charge in [0.2, 0.25) is 0 Å². The molecule has 0 aliphatic carbocycles. The molecule has 0 amide bonds. The predicted molar refractivity (Wildman–Crippen MR) is 86.9 cm³/mol. The Morgan fingerprint density at radius 2 is 1.75 bits per heavy atom. The van der Waals surface area contributed by atoms with Crippen LogP contribution in [0.2, 0.25) is 0 Å². The molecule has 0 aromatic carbocycles. The van der Waals surface area contributed by atoms with E-state index in [0.717, 1.165) is 25.4 Å². The Hall–Kier alpha value is -0.830. The Balaban J connectivity index is 2.92. The zero-order valence-electron chi connectivity index (χ0n) is 13.9. The van der Waals surface area contributed by atoms with E-state index in [0.29, 0.717) is 6.04 Å². The molecule has 1 unspecified atom stereocenters. The van der Waals surface area contributed by atoms with Crippen molar-refractivity contribution in [2.75, 3.05) is 6.54 Å². The highest BCUT2D eigenvalue weighted by Gasteiger charge is 2.24. The number of hydrogen-bond acceptors (Lipinski definition) is 2. The molecule has 1 aromatic heterocycles. The average molecular weight is 279 g/mol. The highest BCUT2D eigenvalue weighted by Crippen LogP contribution is 2.29. The van der Waals surface area contributed by atoms with Crippen molar-refractivity contribution in [1.82, 2.24) is 15.1 Å². The second kappa shape index (κ2) is 9.98. The monoisotopic (exact) mass is 279 g/mol. The van der Waals surface area contributed by atoms with E-state index in [1.54, 1.807) is 0 Å². The third-order valence-electron chi connectivity index (χ3n) is 3.91. The van der Waals surface area contributed by atoms with Gasteiger partial charge in [-0.15, -0.1) is 0 Å². The SMILES string of the molecule is CCCNC(c1ccnn1CCC)C(CCC)CCC. The van der Waals surface area contributed by atoms with E-state index in [4.69, 9.17) is 0 Å². The Kier molecular flexibility index (Phi) is 8.59. The lowest BCUT2D eigenvalue weighted by Gasteiger charge is -2.28. The zero-order valence-corrected chi connectivity index (χ0v) is 13.9. The number of nitrogens with one attached hydrogen (secondary N) is 1. The molecular formula is C17H33N3. The minimum absolute atomic E-state index is 0.462. The Morgan fingerprint density at radius 1 is 1.05 bits per heavy atom. The first kappa shape index (κ1) is 17.2. The van der Waals surface area contributed by atoms with Gasteiger partial charge in [-0.2, -0.15) is 5.10 Å². The number of nitrogens with zero attached hydrogens (tertiary/aromatic N) is 2. The van der Waals surface area contributed by atoms with Crippen LogP contribution in [0, 0.1) is 5.92 Å². The smallest absolute Gasteiger partial charge is 0.0556 e. The van der Waals surface area contributed by atoms with Crippen molar-refractivity contribution in [1.29, 1.82) is 0 Å². The van der Waals surface area contributed by atoms with Crippen LogP contribution >= 0.6 is 0 Å². The van der Waals surface area contributed by atoms with Crippen molar-refractivity contribution in [3.63, 3.8) is 0 Å². The van der Waals surface area contributed by atoms with Gasteiger partial charge in [-0.3, -0.25) is 4.68 Å². The summed E-state index contributed by atoms with van der Waals surface area (Å²) in [5.41, 5.74) is 1.38. The van der Waals surface area contributed by atoms with Crippen LogP contribution in [0.15, 0.2) is 12.3 Å². The third-order valence-corrected chi connectivity index (χ3v) is 3.91. The molecule has 0 aliphatic heterocycles. The van der Waals surface area contributed by atoms with Crippen LogP contribution < -0.4 is 5.32 Å². The van der Waals surface area contributed by atoms with E-state index in [-0.39, 0.29) is 0 Å². The Labute approximate surface area is 125 Å². The van der Waals surface area contributed by atoms with Gasteiger partial charge in [0.05, 0.1) is 11.7 Å². The Bertz CT molecular complexity index is 340. The molecule has 0 saturated heterocycles. The molecule has 1 aromatic rings. The van der Waals surface area contributed by atoms with E-state index < -0.39 is 0 Å². The van der Waals surface area contributed by atoms with Crippen molar-refractivity contribution in [3.05, 3.63) is 18.0 Å². The molecular weight excluding hydrogens is 246 g/mol. The first-order chi connectivity index (χ1) is 9.78. The quantitative estimate of drug-likeness (QED) is 0.644. The molecule has 1 heterocycles. The first-order valence-electron chi connectivity index (χ1n) is 8.53. The molecule has 3 heteroatoms. The van der Waals surface area contributed by atoms with Gasteiger partial charge in [0.1, 0.15) is 0 Å². The van der Waals surface area contributed by atoms with Crippen molar-refractivity contribution in [2.45, 2.75) is 78.8 Å². The molecule has 0 bridgehead atoms. The lowest BCUT2D eigenvalue weighted by molar-refractivity contribution is 0.300. The number of aryl methyl sites for hydroxylation is 1. The highest BCUT2D eigenvalue weighted by molar-refractivity contribution is 5.09. The summed E-state index contributed by atoms with van der Waals surface area (Å²) in [6, 6.07) is 2.67. The third kappa shape index (κ3) is 4.93. The van der Waals surface area contributed by atoms with Gasteiger partial charge in [-0.1, -0.05) is 40.5 Å². The zero-order chi connectivity index (χ0) is 14.8. The maximum atomic E-state index is 4.51. The molecule has 20 heavy (non-hydrogen) atoms. The van der Waals surface area contributed by atoms with E-state index in [1.807, 2.05) is 6.20 Å². The maximum Gasteiger partial charge on any atom is 0.0556 e. The van der Waals surface area contributed by atoms with Gasteiger partial charge >= 0.3 is 0 Å². The van der Waals surface area contributed by atoms with Crippen molar-refractivity contribution in [2.24, 2.45) is 5.92 Å². The van der Waals surface area contributed by atoms with E-state index in [2.05, 4.69) is 48.9 Å². The summed E-state index contributed by atoms with van der Waals surface area (Å²) in [6.45, 7) is 11.2.